The number of hydrogen-bond acceptors (Lipinski definition) is 6. The second kappa shape index (κ2) is 8.42. The summed E-state index contributed by atoms with van der Waals surface area (Å²) >= 11 is 1.38. The average molecular weight is 426 g/mol. The van der Waals surface area contributed by atoms with Crippen LogP contribution in [-0.2, 0) is 19.4 Å². The van der Waals surface area contributed by atoms with Gasteiger partial charge in [-0.05, 0) is 44.5 Å². The first kappa shape index (κ1) is 21.1. The quantitative estimate of drug-likeness (QED) is 0.690. The number of ether oxygens (including phenoxy) is 1. The van der Waals surface area contributed by atoms with Crippen molar-refractivity contribution in [2.75, 3.05) is 48.1 Å². The first-order chi connectivity index (χ1) is 13.3. The summed E-state index contributed by atoms with van der Waals surface area (Å²) in [5.41, 5.74) is 3.06. The molecule has 0 aromatic heterocycles. The minimum Gasteiger partial charge on any atom is -0.375 e. The van der Waals surface area contributed by atoms with E-state index in [1.165, 1.54) is 18.9 Å². The smallest absolute Gasteiger partial charge is 0.274 e. The summed E-state index contributed by atoms with van der Waals surface area (Å²) in [7, 11) is -1.63. The predicted octanol–water partition coefficient (Wildman–Crippen LogP) is 2.09. The summed E-state index contributed by atoms with van der Waals surface area (Å²) < 4.78 is 29.3. The molecule has 0 spiro atoms. The minimum absolute atomic E-state index is 0.0827. The molecule has 0 radical (unpaired) electrons. The molecule has 2 fully saturated rings. The van der Waals surface area contributed by atoms with Gasteiger partial charge in [0.15, 0.2) is 15.0 Å². The van der Waals surface area contributed by atoms with Crippen molar-refractivity contribution in [1.82, 2.24) is 0 Å². The maximum Gasteiger partial charge on any atom is 0.274 e. The van der Waals surface area contributed by atoms with Crippen LogP contribution in [-0.4, -0.2) is 69.1 Å². The summed E-state index contributed by atoms with van der Waals surface area (Å²) in [4.78, 5) is 20.5. The number of thioether (sulfide) groups is 1. The van der Waals surface area contributed by atoms with E-state index in [1.807, 2.05) is 24.0 Å². The Balaban J connectivity index is 2.00. The number of nitrogens with zero attached hydrogens (tertiary/aromatic N) is 3. The first-order valence-electron chi connectivity index (χ1n) is 9.42. The van der Waals surface area contributed by atoms with E-state index in [9.17, 15) is 13.2 Å². The van der Waals surface area contributed by atoms with E-state index in [2.05, 4.69) is 29.8 Å². The number of carbonyl (C=O) groups is 1. The van der Waals surface area contributed by atoms with Gasteiger partial charge in [-0.25, -0.2) is 8.42 Å². The lowest BCUT2D eigenvalue weighted by atomic mass is 10.1. The van der Waals surface area contributed by atoms with Crippen LogP contribution in [0.3, 0.4) is 0 Å². The molecule has 9 heteroatoms. The van der Waals surface area contributed by atoms with Gasteiger partial charge in [0.05, 0.1) is 17.5 Å². The highest BCUT2D eigenvalue weighted by Gasteiger charge is 2.49. The molecule has 0 unspecified atom stereocenters. The zero-order valence-corrected chi connectivity index (χ0v) is 18.3. The number of anilines is 2. The van der Waals surface area contributed by atoms with Crippen LogP contribution in [0, 0.1) is 6.92 Å². The fourth-order valence-electron chi connectivity index (χ4n) is 3.80. The number of amidine groups is 1. The Bertz CT molecular complexity index is 881. The Morgan fingerprint density at radius 3 is 2.64 bits per heavy atom. The number of benzene rings is 1. The van der Waals surface area contributed by atoms with Crippen molar-refractivity contribution in [3.8, 4) is 0 Å². The fraction of sp³-hybridized carbons (Fsp3) is 0.579. The van der Waals surface area contributed by atoms with Crippen molar-refractivity contribution in [1.29, 1.82) is 0 Å². The molecule has 1 aromatic rings. The van der Waals surface area contributed by atoms with Crippen molar-refractivity contribution in [2.24, 2.45) is 4.99 Å². The zero-order chi connectivity index (χ0) is 20.5. The highest BCUT2D eigenvalue weighted by molar-refractivity contribution is 8.16. The number of carbonyl (C=O) groups excluding carboxylic acids is 1. The van der Waals surface area contributed by atoms with Crippen molar-refractivity contribution in [3.05, 3.63) is 23.8 Å². The number of aliphatic imine (C=N–C) groups is 1. The Morgan fingerprint density at radius 1 is 1.32 bits per heavy atom. The molecule has 3 rings (SSSR count). The molecule has 28 heavy (non-hydrogen) atoms. The number of sulfone groups is 1. The molecular formula is C19H27N3O4S2. The van der Waals surface area contributed by atoms with Crippen LogP contribution in [0.4, 0.5) is 11.4 Å². The molecule has 2 atom stereocenters. The van der Waals surface area contributed by atoms with Gasteiger partial charge in [0.2, 0.25) is 0 Å². The van der Waals surface area contributed by atoms with Crippen LogP contribution in [0.5, 0.6) is 0 Å². The van der Waals surface area contributed by atoms with Gasteiger partial charge in [-0.2, -0.15) is 4.99 Å². The van der Waals surface area contributed by atoms with Gasteiger partial charge in [0.25, 0.3) is 5.91 Å². The Morgan fingerprint density at radius 2 is 2.04 bits per heavy atom. The minimum atomic E-state index is -3.09. The SMILES string of the molecule is CCN(CC)c1ccc(N2C(=NC(=O)COC)S[C@@H]3CS(=O)(=O)C[C@@H]32)c(C)c1. The van der Waals surface area contributed by atoms with E-state index in [0.29, 0.717) is 5.17 Å². The first-order valence-corrected chi connectivity index (χ1v) is 12.1. The maximum absolute atomic E-state index is 12.2. The largest absolute Gasteiger partial charge is 0.375 e. The fourth-order valence-corrected chi connectivity index (χ4v) is 7.73. The van der Waals surface area contributed by atoms with Gasteiger partial charge in [-0.3, -0.25) is 4.79 Å². The normalized spacial score (nSPS) is 24.6. The van der Waals surface area contributed by atoms with Crippen LogP contribution in [0.2, 0.25) is 0 Å². The molecule has 2 aliphatic heterocycles. The van der Waals surface area contributed by atoms with Gasteiger partial charge in [-0.1, -0.05) is 11.8 Å². The van der Waals surface area contributed by atoms with Gasteiger partial charge in [-0.15, -0.1) is 0 Å². The molecule has 0 N–H and O–H groups in total. The van der Waals surface area contributed by atoms with Gasteiger partial charge in [0.1, 0.15) is 6.61 Å². The van der Waals surface area contributed by atoms with Crippen LogP contribution >= 0.6 is 11.8 Å². The van der Waals surface area contributed by atoms with E-state index in [0.717, 1.165) is 30.0 Å². The summed E-state index contributed by atoms with van der Waals surface area (Å²) in [6.07, 6.45) is 0. The Labute approximate surface area is 171 Å². The lowest BCUT2D eigenvalue weighted by molar-refractivity contribution is -0.121. The zero-order valence-electron chi connectivity index (χ0n) is 16.7. The van der Waals surface area contributed by atoms with Crippen molar-refractivity contribution in [3.63, 3.8) is 0 Å². The number of fused-ring (bicyclic) bond motifs is 1. The number of aryl methyl sites for hydroxylation is 1. The molecule has 2 heterocycles. The number of amides is 1. The summed E-state index contributed by atoms with van der Waals surface area (Å²) in [6.45, 7) is 7.98. The van der Waals surface area contributed by atoms with Crippen LogP contribution in [0.15, 0.2) is 23.2 Å². The molecule has 2 saturated heterocycles. The molecule has 2 aliphatic rings. The Hall–Kier alpha value is -1.58. The molecule has 0 aliphatic carbocycles. The molecule has 0 saturated carbocycles. The van der Waals surface area contributed by atoms with Crippen molar-refractivity contribution < 1.29 is 17.9 Å². The lowest BCUT2D eigenvalue weighted by Gasteiger charge is -2.28. The summed E-state index contributed by atoms with van der Waals surface area (Å²) in [6, 6.07) is 5.96. The second-order valence-corrected chi connectivity index (χ2v) is 10.4. The number of hydrogen-bond donors (Lipinski definition) is 0. The third-order valence-electron chi connectivity index (χ3n) is 5.12. The number of rotatable bonds is 6. The predicted molar refractivity (Wildman–Crippen MR) is 115 cm³/mol. The van der Waals surface area contributed by atoms with Gasteiger partial charge < -0.3 is 14.5 Å². The van der Waals surface area contributed by atoms with Crippen LogP contribution in [0.25, 0.3) is 0 Å². The molecule has 1 amide bonds. The van der Waals surface area contributed by atoms with Gasteiger partial charge in [0, 0.05) is 36.8 Å². The average Bonchev–Trinajstić information content (AvgIpc) is 3.08. The lowest BCUT2D eigenvalue weighted by Crippen LogP contribution is -2.38. The summed E-state index contributed by atoms with van der Waals surface area (Å²) in [5.74, 6) is -0.165. The molecule has 0 bridgehead atoms. The molecule has 1 aromatic carbocycles. The van der Waals surface area contributed by atoms with E-state index >= 15 is 0 Å². The second-order valence-electron chi connectivity index (χ2n) is 7.03. The summed E-state index contributed by atoms with van der Waals surface area (Å²) in [5, 5.41) is 0.451. The molecule has 154 valence electrons. The van der Waals surface area contributed by atoms with E-state index in [1.54, 1.807) is 0 Å². The molecular weight excluding hydrogens is 398 g/mol. The molecule has 7 nitrogen and oxygen atoms in total. The van der Waals surface area contributed by atoms with E-state index < -0.39 is 9.84 Å². The van der Waals surface area contributed by atoms with E-state index in [-0.39, 0.29) is 35.3 Å². The van der Waals surface area contributed by atoms with Crippen molar-refractivity contribution >= 4 is 44.0 Å². The van der Waals surface area contributed by atoms with Crippen LogP contribution in [0.1, 0.15) is 19.4 Å². The monoisotopic (exact) mass is 425 g/mol. The van der Waals surface area contributed by atoms with Gasteiger partial charge >= 0.3 is 0 Å². The topological polar surface area (TPSA) is 79.3 Å². The maximum atomic E-state index is 12.2. The van der Waals surface area contributed by atoms with E-state index in [4.69, 9.17) is 4.74 Å². The Kier molecular flexibility index (Phi) is 6.36. The number of methoxy groups -OCH3 is 1. The highest BCUT2D eigenvalue weighted by atomic mass is 32.2. The third-order valence-corrected chi connectivity index (χ3v) is 8.33. The standard InChI is InChI=1S/C19H27N3O4S2/c1-5-21(6-2)14-7-8-15(13(3)9-14)22-16-11-28(24,25)12-17(16)27-19(22)20-18(23)10-26-4/h7-9,16-17H,5-6,10-12H2,1-4H3/t16-,17+/m0/s1. The van der Waals surface area contributed by atoms with Crippen molar-refractivity contribution in [2.45, 2.75) is 32.1 Å². The highest BCUT2D eigenvalue weighted by Crippen LogP contribution is 2.42. The van der Waals surface area contributed by atoms with Crippen LogP contribution < -0.4 is 9.80 Å². The third kappa shape index (κ3) is 4.21.